The van der Waals surface area contributed by atoms with Gasteiger partial charge in [-0.1, -0.05) is 12.1 Å². The zero-order valence-corrected chi connectivity index (χ0v) is 12.4. The van der Waals surface area contributed by atoms with Gasteiger partial charge in [-0.15, -0.1) is 0 Å². The molecule has 1 aliphatic rings. The lowest BCUT2D eigenvalue weighted by Gasteiger charge is -2.17. The zero-order chi connectivity index (χ0) is 13.8. The number of amides is 1. The molecule has 0 bridgehead atoms. The predicted molar refractivity (Wildman–Crippen MR) is 79.6 cm³/mol. The molecule has 1 amide bonds. The molecule has 0 radical (unpaired) electrons. The van der Waals surface area contributed by atoms with Crippen LogP contribution in [0.2, 0.25) is 0 Å². The Morgan fingerprint density at radius 3 is 2.89 bits per heavy atom. The summed E-state index contributed by atoms with van der Waals surface area (Å²) >= 11 is 4.28. The Hall–Kier alpha value is -1.16. The van der Waals surface area contributed by atoms with Gasteiger partial charge in [-0.3, -0.25) is 4.79 Å². The molecule has 0 N–H and O–H groups in total. The molecular weight excluding hydrogens is 258 g/mol. The number of thiol groups is 1. The summed E-state index contributed by atoms with van der Waals surface area (Å²) in [4.78, 5) is 13.8. The summed E-state index contributed by atoms with van der Waals surface area (Å²) in [5, 5.41) is 0. The number of hydrogen-bond acceptors (Lipinski definition) is 3. The van der Waals surface area contributed by atoms with Gasteiger partial charge in [-0.2, -0.15) is 12.6 Å². The minimum atomic E-state index is 0.164. The normalized spacial score (nSPS) is 19.3. The van der Waals surface area contributed by atoms with Crippen molar-refractivity contribution in [3.8, 4) is 5.75 Å². The van der Waals surface area contributed by atoms with E-state index in [9.17, 15) is 4.79 Å². The van der Waals surface area contributed by atoms with Crippen LogP contribution in [0.15, 0.2) is 24.3 Å². The lowest BCUT2D eigenvalue weighted by molar-refractivity contribution is -0.128. The second-order valence-electron chi connectivity index (χ2n) is 5.34. The van der Waals surface area contributed by atoms with Crippen LogP contribution in [-0.2, 0) is 11.3 Å². The van der Waals surface area contributed by atoms with Crippen molar-refractivity contribution in [1.82, 2.24) is 4.90 Å². The molecule has 2 rings (SSSR count). The number of ether oxygens (including phenoxy) is 1. The molecule has 4 heteroatoms. The first-order chi connectivity index (χ1) is 9.08. The number of carbonyl (C=O) groups is 1. The Morgan fingerprint density at radius 2 is 2.26 bits per heavy atom. The van der Waals surface area contributed by atoms with E-state index in [0.29, 0.717) is 18.9 Å². The summed E-state index contributed by atoms with van der Waals surface area (Å²) in [7, 11) is 0. The number of hydrogen-bond donors (Lipinski definition) is 1. The molecule has 1 fully saturated rings. The van der Waals surface area contributed by atoms with Gasteiger partial charge >= 0.3 is 0 Å². The molecule has 0 aliphatic carbocycles. The number of benzene rings is 1. The van der Waals surface area contributed by atoms with E-state index in [1.807, 2.05) is 43.0 Å². The second-order valence-corrected chi connectivity index (χ2v) is 5.71. The van der Waals surface area contributed by atoms with E-state index in [0.717, 1.165) is 23.6 Å². The maximum absolute atomic E-state index is 11.9. The number of carbonyl (C=O) groups excluding carboxylic acids is 1. The topological polar surface area (TPSA) is 29.5 Å². The first-order valence-electron chi connectivity index (χ1n) is 6.72. The SMILES string of the molecule is CC(C)Oc1cccc(CN2CC(CS)CC2=O)c1. The summed E-state index contributed by atoms with van der Waals surface area (Å²) in [5.41, 5.74) is 1.12. The van der Waals surface area contributed by atoms with Crippen molar-refractivity contribution in [1.29, 1.82) is 0 Å². The van der Waals surface area contributed by atoms with Crippen LogP contribution in [0.3, 0.4) is 0 Å². The summed E-state index contributed by atoms with van der Waals surface area (Å²) in [6.07, 6.45) is 0.795. The van der Waals surface area contributed by atoms with E-state index >= 15 is 0 Å². The minimum Gasteiger partial charge on any atom is -0.491 e. The molecule has 1 aliphatic heterocycles. The maximum Gasteiger partial charge on any atom is 0.223 e. The van der Waals surface area contributed by atoms with Gasteiger partial charge < -0.3 is 9.64 Å². The van der Waals surface area contributed by atoms with Gasteiger partial charge in [0.2, 0.25) is 5.91 Å². The van der Waals surface area contributed by atoms with Crippen LogP contribution in [0.1, 0.15) is 25.8 Å². The molecule has 1 atom stereocenters. The molecule has 3 nitrogen and oxygen atoms in total. The summed E-state index contributed by atoms with van der Waals surface area (Å²) in [6.45, 7) is 5.50. The van der Waals surface area contributed by atoms with Crippen molar-refractivity contribution in [2.45, 2.75) is 32.9 Å². The van der Waals surface area contributed by atoms with Crippen LogP contribution < -0.4 is 4.74 Å². The Balaban J connectivity index is 2.01. The minimum absolute atomic E-state index is 0.164. The van der Waals surface area contributed by atoms with Crippen LogP contribution in [0.5, 0.6) is 5.75 Å². The fourth-order valence-corrected chi connectivity index (χ4v) is 2.58. The van der Waals surface area contributed by atoms with Crippen molar-refractivity contribution in [2.75, 3.05) is 12.3 Å². The molecule has 1 unspecified atom stereocenters. The van der Waals surface area contributed by atoms with E-state index in [4.69, 9.17) is 4.74 Å². The Kier molecular flexibility index (Phi) is 4.75. The molecule has 104 valence electrons. The highest BCUT2D eigenvalue weighted by molar-refractivity contribution is 7.80. The largest absolute Gasteiger partial charge is 0.491 e. The summed E-state index contributed by atoms with van der Waals surface area (Å²) < 4.78 is 5.67. The third-order valence-corrected chi connectivity index (χ3v) is 3.71. The highest BCUT2D eigenvalue weighted by atomic mass is 32.1. The zero-order valence-electron chi connectivity index (χ0n) is 11.5. The highest BCUT2D eigenvalue weighted by Crippen LogP contribution is 2.22. The van der Waals surface area contributed by atoms with Gasteiger partial charge in [0.25, 0.3) is 0 Å². The monoisotopic (exact) mass is 279 g/mol. The standard InChI is InChI=1S/C15H21NO2S/c1-11(2)18-14-5-3-4-12(6-14)8-16-9-13(10-19)7-15(16)17/h3-6,11,13,19H,7-10H2,1-2H3. The van der Waals surface area contributed by atoms with Crippen molar-refractivity contribution in [3.63, 3.8) is 0 Å². The lowest BCUT2D eigenvalue weighted by atomic mass is 10.1. The van der Waals surface area contributed by atoms with E-state index in [2.05, 4.69) is 12.6 Å². The smallest absolute Gasteiger partial charge is 0.223 e. The first-order valence-corrected chi connectivity index (χ1v) is 7.36. The molecule has 1 saturated heterocycles. The van der Waals surface area contributed by atoms with Gasteiger partial charge in [0.05, 0.1) is 6.10 Å². The quantitative estimate of drug-likeness (QED) is 0.840. The van der Waals surface area contributed by atoms with E-state index in [-0.39, 0.29) is 12.0 Å². The number of nitrogens with zero attached hydrogens (tertiary/aromatic N) is 1. The predicted octanol–water partition coefficient (Wildman–Crippen LogP) is 2.75. The van der Waals surface area contributed by atoms with Crippen LogP contribution >= 0.6 is 12.6 Å². The average molecular weight is 279 g/mol. The lowest BCUT2D eigenvalue weighted by Crippen LogP contribution is -2.24. The Bertz CT molecular complexity index is 448. The molecule has 1 aromatic rings. The fraction of sp³-hybridized carbons (Fsp3) is 0.533. The van der Waals surface area contributed by atoms with Gasteiger partial charge in [0.15, 0.2) is 0 Å². The van der Waals surface area contributed by atoms with Gasteiger partial charge in [0.1, 0.15) is 5.75 Å². The average Bonchev–Trinajstić information content (AvgIpc) is 2.70. The van der Waals surface area contributed by atoms with E-state index < -0.39 is 0 Å². The van der Waals surface area contributed by atoms with Crippen molar-refractivity contribution in [3.05, 3.63) is 29.8 Å². The molecule has 0 saturated carbocycles. The van der Waals surface area contributed by atoms with Crippen LogP contribution in [0, 0.1) is 5.92 Å². The van der Waals surface area contributed by atoms with Gasteiger partial charge in [-0.25, -0.2) is 0 Å². The second kappa shape index (κ2) is 6.33. The number of likely N-dealkylation sites (tertiary alicyclic amines) is 1. The maximum atomic E-state index is 11.9. The third kappa shape index (κ3) is 3.90. The van der Waals surface area contributed by atoms with Gasteiger partial charge in [-0.05, 0) is 43.2 Å². The Morgan fingerprint density at radius 1 is 1.47 bits per heavy atom. The van der Waals surface area contributed by atoms with E-state index in [1.54, 1.807) is 0 Å². The van der Waals surface area contributed by atoms with Crippen molar-refractivity contribution in [2.24, 2.45) is 5.92 Å². The molecule has 0 aromatic heterocycles. The van der Waals surface area contributed by atoms with Crippen LogP contribution in [0.4, 0.5) is 0 Å². The first kappa shape index (κ1) is 14.3. The highest BCUT2D eigenvalue weighted by Gasteiger charge is 2.28. The van der Waals surface area contributed by atoms with Crippen LogP contribution in [0.25, 0.3) is 0 Å². The summed E-state index contributed by atoms with van der Waals surface area (Å²) in [5.74, 6) is 2.27. The fourth-order valence-electron chi connectivity index (χ4n) is 2.34. The van der Waals surface area contributed by atoms with Crippen molar-refractivity contribution < 1.29 is 9.53 Å². The van der Waals surface area contributed by atoms with E-state index in [1.165, 1.54) is 0 Å². The molecule has 1 aromatic carbocycles. The molecule has 1 heterocycles. The molecule has 0 spiro atoms. The summed E-state index contributed by atoms with van der Waals surface area (Å²) in [6, 6.07) is 7.98. The van der Waals surface area contributed by atoms with Gasteiger partial charge in [0, 0.05) is 19.5 Å². The third-order valence-electron chi connectivity index (χ3n) is 3.20. The van der Waals surface area contributed by atoms with Crippen molar-refractivity contribution >= 4 is 18.5 Å². The molecular formula is C15H21NO2S. The molecule has 19 heavy (non-hydrogen) atoms. The van der Waals surface area contributed by atoms with Crippen LogP contribution in [-0.4, -0.2) is 29.2 Å². The number of rotatable bonds is 5. The Labute approximate surface area is 120 Å².